The van der Waals surface area contributed by atoms with E-state index in [9.17, 15) is 13.2 Å². The van der Waals surface area contributed by atoms with Gasteiger partial charge in [-0.25, -0.2) is 0 Å². The predicted molar refractivity (Wildman–Crippen MR) is 72.1 cm³/mol. The van der Waals surface area contributed by atoms with Crippen LogP contribution < -0.4 is 5.32 Å². The second-order valence-electron chi connectivity index (χ2n) is 4.63. The Hall–Kier alpha value is -2.71. The van der Waals surface area contributed by atoms with Crippen molar-refractivity contribution in [2.24, 2.45) is 0 Å². The molecule has 0 aromatic carbocycles. The highest BCUT2D eigenvalue weighted by molar-refractivity contribution is 5.45. The molecular weight excluding hydrogens is 297 g/mol. The van der Waals surface area contributed by atoms with Gasteiger partial charge in [-0.1, -0.05) is 6.07 Å². The molecule has 1 atom stereocenters. The lowest BCUT2D eigenvalue weighted by Gasteiger charge is -2.14. The van der Waals surface area contributed by atoms with Gasteiger partial charge in [0, 0.05) is 6.20 Å². The van der Waals surface area contributed by atoms with Crippen molar-refractivity contribution in [3.05, 3.63) is 48.0 Å². The summed E-state index contributed by atoms with van der Waals surface area (Å²) in [5.41, 5.74) is 0.785. The maximum absolute atomic E-state index is 12.8. The molecule has 1 N–H and O–H groups in total. The molecule has 3 rings (SSSR count). The largest absolute Gasteiger partial charge is 0.453 e. The fourth-order valence-corrected chi connectivity index (χ4v) is 1.97. The minimum Gasteiger partial charge on any atom is -0.361 e. The van der Waals surface area contributed by atoms with Crippen molar-refractivity contribution in [1.29, 1.82) is 0 Å². The molecule has 0 bridgehead atoms. The van der Waals surface area contributed by atoms with Gasteiger partial charge in [0.1, 0.15) is 5.82 Å². The topological polar surface area (TPSA) is 68.0 Å². The monoisotopic (exact) mass is 308 g/mol. The van der Waals surface area contributed by atoms with Crippen molar-refractivity contribution < 1.29 is 13.2 Å². The van der Waals surface area contributed by atoms with E-state index in [1.165, 1.54) is 6.07 Å². The van der Waals surface area contributed by atoms with E-state index in [1.54, 1.807) is 18.3 Å². The maximum Gasteiger partial charge on any atom is 0.453 e. The highest BCUT2D eigenvalue weighted by Gasteiger charge is 2.37. The average molecular weight is 308 g/mol. The third-order valence-corrected chi connectivity index (χ3v) is 3.01. The van der Waals surface area contributed by atoms with Crippen LogP contribution in [-0.4, -0.2) is 24.8 Å². The van der Waals surface area contributed by atoms with Crippen LogP contribution in [-0.2, 0) is 6.18 Å². The third-order valence-electron chi connectivity index (χ3n) is 3.01. The Balaban J connectivity index is 1.92. The van der Waals surface area contributed by atoms with Gasteiger partial charge in [0.2, 0.25) is 0 Å². The summed E-state index contributed by atoms with van der Waals surface area (Å²) in [7, 11) is 0. The number of hydrogen-bond donors (Lipinski definition) is 1. The highest BCUT2D eigenvalue weighted by Crippen LogP contribution is 2.27. The van der Waals surface area contributed by atoms with Crippen LogP contribution in [0.2, 0.25) is 0 Å². The molecule has 3 heterocycles. The Morgan fingerprint density at radius 3 is 2.64 bits per heavy atom. The summed E-state index contributed by atoms with van der Waals surface area (Å²) in [6.07, 6.45) is -2.97. The lowest BCUT2D eigenvalue weighted by atomic mass is 10.2. The van der Waals surface area contributed by atoms with Crippen LogP contribution in [0.3, 0.4) is 0 Å². The molecule has 0 saturated carbocycles. The Morgan fingerprint density at radius 2 is 1.95 bits per heavy atom. The molecule has 3 aromatic rings. The Morgan fingerprint density at radius 1 is 1.14 bits per heavy atom. The molecule has 0 unspecified atom stereocenters. The van der Waals surface area contributed by atoms with Crippen molar-refractivity contribution in [3.8, 4) is 0 Å². The van der Waals surface area contributed by atoms with E-state index >= 15 is 0 Å². The number of alkyl halides is 3. The molecule has 6 nitrogen and oxygen atoms in total. The van der Waals surface area contributed by atoms with E-state index in [0.717, 1.165) is 5.69 Å². The molecule has 0 amide bonds. The van der Waals surface area contributed by atoms with Gasteiger partial charge in [-0.05, 0) is 31.2 Å². The Bertz CT molecular complexity index is 783. The molecule has 22 heavy (non-hydrogen) atoms. The zero-order valence-electron chi connectivity index (χ0n) is 11.4. The highest BCUT2D eigenvalue weighted by atomic mass is 19.4. The van der Waals surface area contributed by atoms with Crippen LogP contribution in [0, 0.1) is 0 Å². The molecule has 9 heteroatoms. The summed E-state index contributed by atoms with van der Waals surface area (Å²) in [4.78, 5) is 4.18. The van der Waals surface area contributed by atoms with E-state index in [-0.39, 0.29) is 17.5 Å². The zero-order valence-corrected chi connectivity index (χ0v) is 11.4. The normalized spacial score (nSPS) is 13.3. The average Bonchev–Trinajstić information content (AvgIpc) is 2.91. The van der Waals surface area contributed by atoms with E-state index in [0.29, 0.717) is 4.52 Å². The third kappa shape index (κ3) is 2.69. The van der Waals surface area contributed by atoms with Gasteiger partial charge in [-0.2, -0.15) is 17.7 Å². The summed E-state index contributed by atoms with van der Waals surface area (Å²) in [5.74, 6) is -0.882. The van der Waals surface area contributed by atoms with E-state index in [1.807, 2.05) is 19.1 Å². The molecular formula is C13H11F3N6. The molecule has 114 valence electrons. The SMILES string of the molecule is C[C@@H](Nc1ccc2nnc(C(F)(F)F)n2n1)c1ccccn1. The van der Waals surface area contributed by atoms with Crippen LogP contribution in [0.25, 0.3) is 5.65 Å². The van der Waals surface area contributed by atoms with Gasteiger partial charge < -0.3 is 5.32 Å². The first kappa shape index (κ1) is 14.2. The molecule has 3 aromatic heterocycles. The number of hydrogen-bond acceptors (Lipinski definition) is 5. The van der Waals surface area contributed by atoms with E-state index < -0.39 is 12.0 Å². The molecule has 0 aliphatic rings. The summed E-state index contributed by atoms with van der Waals surface area (Å²) in [5, 5.41) is 13.5. The number of nitrogens with one attached hydrogen (secondary N) is 1. The number of halogens is 3. The van der Waals surface area contributed by atoms with Crippen LogP contribution in [0.15, 0.2) is 36.5 Å². The van der Waals surface area contributed by atoms with Crippen molar-refractivity contribution in [2.45, 2.75) is 19.1 Å². The van der Waals surface area contributed by atoms with Gasteiger partial charge >= 0.3 is 6.18 Å². The minimum atomic E-state index is -4.61. The molecule has 0 spiro atoms. The Kier molecular flexibility index (Phi) is 3.39. The predicted octanol–water partition coefficient (Wildman–Crippen LogP) is 2.71. The second kappa shape index (κ2) is 5.24. The van der Waals surface area contributed by atoms with E-state index in [2.05, 4.69) is 25.6 Å². The quantitative estimate of drug-likeness (QED) is 0.806. The van der Waals surface area contributed by atoms with Crippen LogP contribution in [0.4, 0.5) is 19.0 Å². The van der Waals surface area contributed by atoms with Crippen molar-refractivity contribution >= 4 is 11.5 Å². The molecule has 0 aliphatic carbocycles. The molecule has 0 aliphatic heterocycles. The van der Waals surface area contributed by atoms with Crippen LogP contribution in [0.1, 0.15) is 24.5 Å². The van der Waals surface area contributed by atoms with Gasteiger partial charge in [-0.3, -0.25) is 4.98 Å². The number of aromatic nitrogens is 5. The number of fused-ring (bicyclic) bond motifs is 1. The number of rotatable bonds is 3. The van der Waals surface area contributed by atoms with E-state index in [4.69, 9.17) is 0 Å². The standard InChI is InChI=1S/C13H11F3N6/c1-8(9-4-2-3-7-17-9)18-10-5-6-11-19-20-12(13(14,15)16)22(11)21-10/h2-8H,1H3,(H,18,21)/t8-/m1/s1. The molecule has 0 saturated heterocycles. The smallest absolute Gasteiger partial charge is 0.361 e. The molecule has 0 radical (unpaired) electrons. The molecule has 0 fully saturated rings. The van der Waals surface area contributed by atoms with Crippen molar-refractivity contribution in [1.82, 2.24) is 24.8 Å². The number of nitrogens with zero attached hydrogens (tertiary/aromatic N) is 5. The van der Waals surface area contributed by atoms with Crippen LogP contribution >= 0.6 is 0 Å². The fourth-order valence-electron chi connectivity index (χ4n) is 1.97. The zero-order chi connectivity index (χ0) is 15.7. The minimum absolute atomic E-state index is 0.0309. The van der Waals surface area contributed by atoms with Gasteiger partial charge in [0.05, 0.1) is 11.7 Å². The summed E-state index contributed by atoms with van der Waals surface area (Å²) in [6.45, 7) is 1.84. The fraction of sp³-hybridized carbons (Fsp3) is 0.231. The second-order valence-corrected chi connectivity index (χ2v) is 4.63. The summed E-state index contributed by atoms with van der Waals surface area (Å²) < 4.78 is 39.1. The van der Waals surface area contributed by atoms with Crippen LogP contribution in [0.5, 0.6) is 0 Å². The van der Waals surface area contributed by atoms with Gasteiger partial charge in [-0.15, -0.1) is 15.3 Å². The summed E-state index contributed by atoms with van der Waals surface area (Å²) >= 11 is 0. The first-order chi connectivity index (χ1) is 10.4. The van der Waals surface area contributed by atoms with Gasteiger partial charge in [0.25, 0.3) is 5.82 Å². The lowest BCUT2D eigenvalue weighted by molar-refractivity contribution is -0.146. The van der Waals surface area contributed by atoms with Crippen molar-refractivity contribution in [3.63, 3.8) is 0 Å². The summed E-state index contributed by atoms with van der Waals surface area (Å²) in [6, 6.07) is 8.19. The Labute approximate surface area is 123 Å². The van der Waals surface area contributed by atoms with Gasteiger partial charge in [0.15, 0.2) is 5.65 Å². The first-order valence-electron chi connectivity index (χ1n) is 6.42. The van der Waals surface area contributed by atoms with Crippen molar-refractivity contribution in [2.75, 3.05) is 5.32 Å². The number of anilines is 1. The number of pyridine rings is 1. The maximum atomic E-state index is 12.8. The lowest BCUT2D eigenvalue weighted by Crippen LogP contribution is -2.15. The first-order valence-corrected chi connectivity index (χ1v) is 6.42.